The van der Waals surface area contributed by atoms with Crippen LogP contribution in [-0.4, -0.2) is 43.6 Å². The smallest absolute Gasteiger partial charge is 0.214 e. The largest absolute Gasteiger partial charge is 0.315 e. The topological polar surface area (TPSA) is 49.4 Å². The minimum atomic E-state index is -3.09. The molecule has 1 N–H and O–H groups in total. The van der Waals surface area contributed by atoms with E-state index in [1.54, 1.807) is 10.4 Å². The quantitative estimate of drug-likeness (QED) is 0.488. The van der Waals surface area contributed by atoms with Crippen molar-refractivity contribution < 1.29 is 8.42 Å². The normalized spacial score (nSPS) is 16.4. The number of hydrogen-bond donors (Lipinski definition) is 1. The van der Waals surface area contributed by atoms with Gasteiger partial charge >= 0.3 is 0 Å². The Balaban J connectivity index is 2.31. The first-order valence-electron chi connectivity index (χ1n) is 6.81. The molecule has 1 rings (SSSR count). The van der Waals surface area contributed by atoms with Crippen molar-refractivity contribution in [2.45, 2.75) is 51.6 Å². The average Bonchev–Trinajstić information content (AvgIpc) is 3.08. The summed E-state index contributed by atoms with van der Waals surface area (Å²) in [5.74, 6) is 0.261. The number of nitrogens with zero attached hydrogens (tertiary/aromatic N) is 1. The third-order valence-electron chi connectivity index (χ3n) is 3.00. The molecule has 0 atom stereocenters. The first-order chi connectivity index (χ1) is 8.47. The van der Waals surface area contributed by atoms with Gasteiger partial charge in [-0.3, -0.25) is 0 Å². The van der Waals surface area contributed by atoms with E-state index >= 15 is 0 Å². The monoisotopic (exact) mass is 274 g/mol. The van der Waals surface area contributed by atoms with Crippen LogP contribution in [-0.2, 0) is 10.0 Å². The molecule has 1 fully saturated rings. The van der Waals surface area contributed by atoms with Crippen molar-refractivity contribution in [1.29, 1.82) is 0 Å². The zero-order chi connectivity index (χ0) is 13.6. The van der Waals surface area contributed by atoms with Crippen LogP contribution in [0, 0.1) is 0 Å². The van der Waals surface area contributed by atoms with Crippen LogP contribution < -0.4 is 5.32 Å². The summed E-state index contributed by atoms with van der Waals surface area (Å²) in [6, 6.07) is 0.701. The van der Waals surface area contributed by atoms with Crippen LogP contribution in [0.4, 0.5) is 0 Å². The molecule has 0 radical (unpaired) electrons. The lowest BCUT2D eigenvalue weighted by Crippen LogP contribution is -2.35. The molecule has 0 aromatic heterocycles. The van der Waals surface area contributed by atoms with Crippen molar-refractivity contribution in [1.82, 2.24) is 9.62 Å². The van der Waals surface area contributed by atoms with E-state index in [9.17, 15) is 8.42 Å². The van der Waals surface area contributed by atoms with Gasteiger partial charge in [0.15, 0.2) is 0 Å². The molecular formula is C13H26N2O2S. The molecule has 4 nitrogen and oxygen atoms in total. The number of rotatable bonds is 10. The molecule has 0 unspecified atom stereocenters. The summed E-state index contributed by atoms with van der Waals surface area (Å²) in [5, 5.41) is 3.30. The summed E-state index contributed by atoms with van der Waals surface area (Å²) in [6.45, 7) is 9.17. The number of nitrogens with one attached hydrogen (secondary N) is 1. The van der Waals surface area contributed by atoms with Crippen LogP contribution in [0.25, 0.3) is 0 Å². The third-order valence-corrected chi connectivity index (χ3v) is 4.97. The number of sulfonamides is 1. The van der Waals surface area contributed by atoms with Crippen LogP contribution in [0.2, 0.25) is 0 Å². The van der Waals surface area contributed by atoms with Gasteiger partial charge in [-0.2, -0.15) is 4.31 Å². The Morgan fingerprint density at radius 3 is 2.56 bits per heavy atom. The molecule has 0 aromatic carbocycles. The highest BCUT2D eigenvalue weighted by atomic mass is 32.2. The highest BCUT2D eigenvalue weighted by Gasteiger charge is 2.35. The van der Waals surface area contributed by atoms with Crippen LogP contribution in [0.15, 0.2) is 12.7 Å². The lowest BCUT2D eigenvalue weighted by Gasteiger charge is -2.20. The van der Waals surface area contributed by atoms with Crippen molar-refractivity contribution >= 4 is 10.0 Å². The Kier molecular flexibility index (Phi) is 6.32. The van der Waals surface area contributed by atoms with Crippen molar-refractivity contribution in [2.75, 3.05) is 18.8 Å². The standard InChI is InChI=1S/C13H26N2O2S/c1-4-10-15(13-7-8-13)18(16,17)11-6-5-9-14-12(2)3/h4,12-14H,1,5-11H2,2-3H3. The van der Waals surface area contributed by atoms with Crippen molar-refractivity contribution in [3.05, 3.63) is 12.7 Å². The lowest BCUT2D eigenvalue weighted by molar-refractivity contribution is 0.434. The van der Waals surface area contributed by atoms with E-state index in [0.717, 1.165) is 32.2 Å². The van der Waals surface area contributed by atoms with E-state index in [1.165, 1.54) is 0 Å². The summed E-state index contributed by atoms with van der Waals surface area (Å²) in [7, 11) is -3.09. The van der Waals surface area contributed by atoms with Gasteiger partial charge in [0, 0.05) is 18.6 Å². The van der Waals surface area contributed by atoms with Gasteiger partial charge in [0.2, 0.25) is 10.0 Å². The molecule has 1 aliphatic carbocycles. The minimum absolute atomic E-state index is 0.238. The van der Waals surface area contributed by atoms with Gasteiger partial charge in [0.1, 0.15) is 0 Å². The van der Waals surface area contributed by atoms with Gasteiger partial charge in [-0.1, -0.05) is 19.9 Å². The van der Waals surface area contributed by atoms with Crippen molar-refractivity contribution in [3.63, 3.8) is 0 Å². The fourth-order valence-electron chi connectivity index (χ4n) is 1.90. The average molecular weight is 274 g/mol. The number of hydrogen-bond acceptors (Lipinski definition) is 3. The summed E-state index contributed by atoms with van der Waals surface area (Å²) in [4.78, 5) is 0. The highest BCUT2D eigenvalue weighted by Crippen LogP contribution is 2.29. The molecule has 106 valence electrons. The zero-order valence-corrected chi connectivity index (χ0v) is 12.4. The molecule has 0 aromatic rings. The second kappa shape index (κ2) is 7.26. The first kappa shape index (κ1) is 15.7. The van der Waals surface area contributed by atoms with Gasteiger partial charge < -0.3 is 5.32 Å². The molecule has 0 saturated heterocycles. The molecule has 0 spiro atoms. The first-order valence-corrected chi connectivity index (χ1v) is 8.42. The summed E-state index contributed by atoms with van der Waals surface area (Å²) in [5.41, 5.74) is 0. The van der Waals surface area contributed by atoms with Crippen LogP contribution in [0.3, 0.4) is 0 Å². The maximum absolute atomic E-state index is 12.2. The number of unbranched alkanes of at least 4 members (excludes halogenated alkanes) is 1. The molecule has 18 heavy (non-hydrogen) atoms. The van der Waals surface area contributed by atoms with E-state index in [4.69, 9.17) is 0 Å². The fraction of sp³-hybridized carbons (Fsp3) is 0.846. The molecule has 1 aliphatic rings. The van der Waals surface area contributed by atoms with Crippen LogP contribution in [0.1, 0.15) is 39.5 Å². The Hall–Kier alpha value is -0.390. The van der Waals surface area contributed by atoms with E-state index in [1.807, 2.05) is 0 Å². The van der Waals surface area contributed by atoms with Crippen LogP contribution >= 0.6 is 0 Å². The van der Waals surface area contributed by atoms with Crippen molar-refractivity contribution in [3.8, 4) is 0 Å². The molecule has 0 heterocycles. The molecule has 0 amide bonds. The lowest BCUT2D eigenvalue weighted by atomic mass is 10.3. The minimum Gasteiger partial charge on any atom is -0.315 e. The SMILES string of the molecule is C=CCN(C1CC1)S(=O)(=O)CCCCNC(C)C. The molecule has 0 aliphatic heterocycles. The van der Waals surface area contributed by atoms with E-state index < -0.39 is 10.0 Å². The maximum Gasteiger partial charge on any atom is 0.214 e. The fourth-order valence-corrected chi connectivity index (χ4v) is 3.70. The van der Waals surface area contributed by atoms with E-state index in [2.05, 4.69) is 25.7 Å². The second-order valence-electron chi connectivity index (χ2n) is 5.22. The third kappa shape index (κ3) is 5.50. The second-order valence-corrected chi connectivity index (χ2v) is 7.26. The predicted molar refractivity (Wildman–Crippen MR) is 76.1 cm³/mol. The van der Waals surface area contributed by atoms with Gasteiger partial charge in [-0.15, -0.1) is 6.58 Å². The predicted octanol–water partition coefficient (Wildman–Crippen LogP) is 1.74. The maximum atomic E-state index is 12.2. The van der Waals surface area contributed by atoms with E-state index in [-0.39, 0.29) is 11.8 Å². The Morgan fingerprint density at radius 2 is 2.06 bits per heavy atom. The highest BCUT2D eigenvalue weighted by molar-refractivity contribution is 7.89. The summed E-state index contributed by atoms with van der Waals surface area (Å²) >= 11 is 0. The molecular weight excluding hydrogens is 248 g/mol. The summed E-state index contributed by atoms with van der Waals surface area (Å²) < 4.78 is 25.9. The van der Waals surface area contributed by atoms with Gasteiger partial charge in [-0.25, -0.2) is 8.42 Å². The Bertz CT molecular complexity index is 348. The molecule has 5 heteroatoms. The van der Waals surface area contributed by atoms with Gasteiger partial charge in [0.05, 0.1) is 5.75 Å². The van der Waals surface area contributed by atoms with Crippen LogP contribution in [0.5, 0.6) is 0 Å². The molecule has 1 saturated carbocycles. The Labute approximate surface area is 111 Å². The molecule has 0 bridgehead atoms. The Morgan fingerprint density at radius 1 is 1.39 bits per heavy atom. The van der Waals surface area contributed by atoms with Gasteiger partial charge in [-0.05, 0) is 32.2 Å². The van der Waals surface area contributed by atoms with Crippen molar-refractivity contribution in [2.24, 2.45) is 0 Å². The van der Waals surface area contributed by atoms with Gasteiger partial charge in [0.25, 0.3) is 0 Å². The van der Waals surface area contributed by atoms with E-state index in [0.29, 0.717) is 12.6 Å². The zero-order valence-electron chi connectivity index (χ0n) is 11.6. The summed E-state index contributed by atoms with van der Waals surface area (Å²) in [6.07, 6.45) is 5.31.